The molecule has 1 aliphatic rings. The molecule has 0 atom stereocenters. The van der Waals surface area contributed by atoms with E-state index in [0.717, 1.165) is 38.2 Å². The molecular weight excluding hydrogens is 425 g/mol. The average molecular weight is 458 g/mol. The molecule has 0 unspecified atom stereocenters. The minimum absolute atomic E-state index is 0. The van der Waals surface area contributed by atoms with Gasteiger partial charge in [0.05, 0.1) is 12.8 Å². The number of aromatic nitrogens is 2. The topological polar surface area (TPSA) is 83.3 Å². The van der Waals surface area contributed by atoms with E-state index in [0.29, 0.717) is 29.7 Å². The number of nitrogens with zero attached hydrogens (tertiary/aromatic N) is 3. The van der Waals surface area contributed by atoms with E-state index in [4.69, 9.17) is 4.42 Å². The number of nitrogens with one attached hydrogen (secondary N) is 2. The van der Waals surface area contributed by atoms with Crippen LogP contribution in [-0.2, 0) is 12.0 Å². The van der Waals surface area contributed by atoms with Crippen LogP contribution in [0.3, 0.4) is 0 Å². The Hall–Kier alpha value is -1.83. The van der Waals surface area contributed by atoms with Gasteiger partial charge in [-0.2, -0.15) is 0 Å². The maximum atomic E-state index is 13.2. The van der Waals surface area contributed by atoms with Crippen molar-refractivity contribution in [2.75, 3.05) is 32.0 Å². The number of hydrogen-bond donors (Lipinski definition) is 2. The van der Waals surface area contributed by atoms with E-state index in [9.17, 15) is 4.79 Å². The number of carbonyl (C=O) groups is 1. The summed E-state index contributed by atoms with van der Waals surface area (Å²) in [6.45, 7) is 9.19. The van der Waals surface area contributed by atoms with Crippen molar-refractivity contribution in [3.05, 3.63) is 41.7 Å². The highest BCUT2D eigenvalue weighted by molar-refractivity contribution is 5.98. The van der Waals surface area contributed by atoms with Gasteiger partial charge in [0, 0.05) is 24.7 Å². The molecule has 1 fully saturated rings. The van der Waals surface area contributed by atoms with Crippen molar-refractivity contribution in [1.82, 2.24) is 20.2 Å². The van der Waals surface area contributed by atoms with Crippen LogP contribution >= 0.6 is 24.8 Å². The summed E-state index contributed by atoms with van der Waals surface area (Å²) in [5, 5.41) is 6.51. The van der Waals surface area contributed by atoms with E-state index >= 15 is 0 Å². The van der Waals surface area contributed by atoms with Crippen molar-refractivity contribution in [2.24, 2.45) is 5.92 Å². The van der Waals surface area contributed by atoms with Crippen LogP contribution in [0.2, 0.25) is 0 Å². The van der Waals surface area contributed by atoms with Crippen LogP contribution in [0.1, 0.15) is 55.6 Å². The lowest BCUT2D eigenvalue weighted by molar-refractivity contribution is 0.0691. The van der Waals surface area contributed by atoms with Crippen LogP contribution in [-0.4, -0.2) is 47.5 Å². The first-order valence-electron chi connectivity index (χ1n) is 9.96. The second kappa shape index (κ2) is 11.5. The normalized spacial score (nSPS) is 14.6. The Morgan fingerprint density at radius 1 is 1.27 bits per heavy atom. The Bertz CT molecular complexity index is 785. The van der Waals surface area contributed by atoms with Gasteiger partial charge in [0.25, 0.3) is 5.91 Å². The number of furan rings is 1. The van der Waals surface area contributed by atoms with Gasteiger partial charge in [-0.15, -0.1) is 24.8 Å². The molecule has 0 radical (unpaired) electrons. The number of anilines is 1. The molecule has 30 heavy (non-hydrogen) atoms. The third-order valence-electron chi connectivity index (χ3n) is 5.09. The Morgan fingerprint density at radius 3 is 2.53 bits per heavy atom. The number of amides is 1. The summed E-state index contributed by atoms with van der Waals surface area (Å²) in [6.07, 6.45) is 5.34. The summed E-state index contributed by atoms with van der Waals surface area (Å²) in [4.78, 5) is 24.3. The highest BCUT2D eigenvalue weighted by atomic mass is 35.5. The molecule has 0 bridgehead atoms. The van der Waals surface area contributed by atoms with Gasteiger partial charge in [0.1, 0.15) is 23.0 Å². The highest BCUT2D eigenvalue weighted by Crippen LogP contribution is 2.25. The van der Waals surface area contributed by atoms with Crippen molar-refractivity contribution >= 4 is 36.5 Å². The van der Waals surface area contributed by atoms with Crippen molar-refractivity contribution in [3.8, 4) is 0 Å². The average Bonchev–Trinajstić information content (AvgIpc) is 3.19. The molecule has 2 aromatic heterocycles. The molecule has 7 nitrogen and oxygen atoms in total. The van der Waals surface area contributed by atoms with E-state index < -0.39 is 0 Å². The number of halogens is 2. The molecule has 9 heteroatoms. The second-order valence-electron chi connectivity index (χ2n) is 8.43. The summed E-state index contributed by atoms with van der Waals surface area (Å²) in [6, 6.07) is 3.74. The van der Waals surface area contributed by atoms with Gasteiger partial charge in [0.15, 0.2) is 0 Å². The van der Waals surface area contributed by atoms with Crippen LogP contribution in [0.25, 0.3) is 0 Å². The molecule has 2 aromatic rings. The predicted octanol–water partition coefficient (Wildman–Crippen LogP) is 3.89. The number of piperidine rings is 1. The lowest BCUT2D eigenvalue weighted by atomic mass is 9.95. The quantitative estimate of drug-likeness (QED) is 0.684. The molecule has 0 aromatic carbocycles. The van der Waals surface area contributed by atoms with Gasteiger partial charge >= 0.3 is 0 Å². The lowest BCUT2D eigenvalue weighted by Crippen LogP contribution is -2.40. The molecular formula is C21H33Cl2N5O2. The first-order chi connectivity index (χ1) is 13.4. The first kappa shape index (κ1) is 26.2. The van der Waals surface area contributed by atoms with Gasteiger partial charge < -0.3 is 20.0 Å². The zero-order valence-electron chi connectivity index (χ0n) is 18.1. The molecule has 2 N–H and O–H groups in total. The van der Waals surface area contributed by atoms with E-state index in [1.54, 1.807) is 12.5 Å². The maximum Gasteiger partial charge on any atom is 0.259 e. The molecule has 168 valence electrons. The minimum Gasteiger partial charge on any atom is -0.467 e. The largest absolute Gasteiger partial charge is 0.467 e. The monoisotopic (exact) mass is 457 g/mol. The smallest absolute Gasteiger partial charge is 0.259 e. The fourth-order valence-corrected chi connectivity index (χ4v) is 3.42. The van der Waals surface area contributed by atoms with Crippen LogP contribution in [0.5, 0.6) is 0 Å². The van der Waals surface area contributed by atoms with Crippen LogP contribution in [0.15, 0.2) is 29.0 Å². The second-order valence-corrected chi connectivity index (χ2v) is 8.43. The highest BCUT2D eigenvalue weighted by Gasteiger charge is 2.27. The zero-order chi connectivity index (χ0) is 20.1. The number of hydrogen-bond acceptors (Lipinski definition) is 6. The Balaban J connectivity index is 0.00000225. The van der Waals surface area contributed by atoms with Crippen molar-refractivity contribution in [2.45, 2.75) is 45.6 Å². The first-order valence-corrected chi connectivity index (χ1v) is 9.96. The molecule has 0 saturated carbocycles. The van der Waals surface area contributed by atoms with E-state index in [1.807, 2.05) is 24.1 Å². The van der Waals surface area contributed by atoms with Gasteiger partial charge in [-0.3, -0.25) is 4.79 Å². The summed E-state index contributed by atoms with van der Waals surface area (Å²) in [7, 11) is 1.97. The lowest BCUT2D eigenvalue weighted by Gasteiger charge is -2.32. The van der Waals surface area contributed by atoms with E-state index in [2.05, 4.69) is 41.4 Å². The van der Waals surface area contributed by atoms with Crippen molar-refractivity contribution in [3.63, 3.8) is 0 Å². The maximum absolute atomic E-state index is 13.2. The van der Waals surface area contributed by atoms with E-state index in [1.165, 1.54) is 0 Å². The molecule has 1 saturated heterocycles. The fraction of sp³-hybridized carbons (Fsp3) is 0.571. The molecule has 1 aliphatic heterocycles. The van der Waals surface area contributed by atoms with Gasteiger partial charge in [0.2, 0.25) is 0 Å². The molecule has 3 heterocycles. The third kappa shape index (κ3) is 6.59. The SMILES string of the molecule is CNCC1CCN(C(=O)c2cnc(C(C)(C)C)nc2NCc2ccco2)CC1.Cl.Cl. The van der Waals surface area contributed by atoms with Gasteiger partial charge in [-0.1, -0.05) is 20.8 Å². The molecule has 0 spiro atoms. The summed E-state index contributed by atoms with van der Waals surface area (Å²) >= 11 is 0. The molecule has 3 rings (SSSR count). The molecule has 0 aliphatic carbocycles. The van der Waals surface area contributed by atoms with Crippen molar-refractivity contribution in [1.29, 1.82) is 0 Å². The molecule has 1 amide bonds. The number of likely N-dealkylation sites (tertiary alicyclic amines) is 1. The summed E-state index contributed by atoms with van der Waals surface area (Å²) < 4.78 is 5.40. The van der Waals surface area contributed by atoms with Crippen molar-refractivity contribution < 1.29 is 9.21 Å². The summed E-state index contributed by atoms with van der Waals surface area (Å²) in [5.41, 5.74) is 0.320. The predicted molar refractivity (Wildman–Crippen MR) is 124 cm³/mol. The summed E-state index contributed by atoms with van der Waals surface area (Å²) in [5.74, 6) is 2.69. The van der Waals surface area contributed by atoms with Crippen LogP contribution in [0, 0.1) is 5.92 Å². The Labute approximate surface area is 191 Å². The van der Waals surface area contributed by atoms with E-state index in [-0.39, 0.29) is 36.1 Å². The van der Waals surface area contributed by atoms with Crippen LogP contribution < -0.4 is 10.6 Å². The third-order valence-corrected chi connectivity index (χ3v) is 5.09. The Kier molecular flexibility index (Phi) is 10.1. The zero-order valence-corrected chi connectivity index (χ0v) is 19.7. The Morgan fingerprint density at radius 2 is 1.97 bits per heavy atom. The van der Waals surface area contributed by atoms with Crippen LogP contribution in [0.4, 0.5) is 5.82 Å². The van der Waals surface area contributed by atoms with Gasteiger partial charge in [-0.25, -0.2) is 9.97 Å². The fourth-order valence-electron chi connectivity index (χ4n) is 3.42. The standard InChI is InChI=1S/C21H31N5O2.2ClH/c1-21(2,3)20-24-14-17(18(25-20)23-13-16-6-5-11-28-16)19(27)26-9-7-15(8-10-26)12-22-4;;/h5-6,11,14-15,22H,7-10,12-13H2,1-4H3,(H,23,24,25);2*1H. The van der Waals surface area contributed by atoms with Gasteiger partial charge in [-0.05, 0) is 44.5 Å². The minimum atomic E-state index is -0.200. The number of carbonyl (C=O) groups excluding carboxylic acids is 1. The number of rotatable bonds is 6.